The lowest BCUT2D eigenvalue weighted by Gasteiger charge is -2.38. The van der Waals surface area contributed by atoms with Gasteiger partial charge in [-0.1, -0.05) is 30.3 Å². The molecular formula is C22H26FN3O. The number of amides is 1. The van der Waals surface area contributed by atoms with Crippen LogP contribution in [0.3, 0.4) is 0 Å². The van der Waals surface area contributed by atoms with Gasteiger partial charge in [-0.15, -0.1) is 0 Å². The summed E-state index contributed by atoms with van der Waals surface area (Å²) in [6.07, 6.45) is 0. The normalized spacial score (nSPS) is 22.9. The Hall–Kier alpha value is -2.40. The van der Waals surface area contributed by atoms with Crippen molar-refractivity contribution < 1.29 is 9.18 Å². The zero-order valence-corrected chi connectivity index (χ0v) is 15.7. The van der Waals surface area contributed by atoms with Gasteiger partial charge in [-0.3, -0.25) is 4.79 Å². The Morgan fingerprint density at radius 2 is 1.70 bits per heavy atom. The molecule has 2 unspecified atom stereocenters. The smallest absolute Gasteiger partial charge is 0.227 e. The van der Waals surface area contributed by atoms with Gasteiger partial charge in [-0.2, -0.15) is 0 Å². The molecular weight excluding hydrogens is 341 g/mol. The van der Waals surface area contributed by atoms with E-state index in [0.717, 1.165) is 38.3 Å². The maximum absolute atomic E-state index is 13.2. The van der Waals surface area contributed by atoms with Crippen LogP contribution < -0.4 is 10.2 Å². The summed E-state index contributed by atoms with van der Waals surface area (Å²) in [5.74, 6) is 0.0339. The van der Waals surface area contributed by atoms with Gasteiger partial charge in [-0.05, 0) is 36.2 Å². The van der Waals surface area contributed by atoms with Crippen LogP contribution in [0.1, 0.15) is 17.0 Å². The molecule has 2 fully saturated rings. The van der Waals surface area contributed by atoms with Gasteiger partial charge >= 0.3 is 0 Å². The molecule has 2 atom stereocenters. The van der Waals surface area contributed by atoms with Crippen molar-refractivity contribution >= 4 is 11.6 Å². The third-order valence-electron chi connectivity index (χ3n) is 5.88. The molecule has 0 radical (unpaired) electrons. The molecule has 4 nitrogen and oxygen atoms in total. The Morgan fingerprint density at radius 1 is 1.00 bits per heavy atom. The minimum absolute atomic E-state index is 0.0690. The summed E-state index contributed by atoms with van der Waals surface area (Å²) < 4.78 is 13.2. The second-order valence-electron chi connectivity index (χ2n) is 7.52. The van der Waals surface area contributed by atoms with Crippen molar-refractivity contribution in [3.8, 4) is 0 Å². The molecule has 2 saturated heterocycles. The fourth-order valence-corrected chi connectivity index (χ4v) is 4.32. The van der Waals surface area contributed by atoms with E-state index < -0.39 is 0 Å². The number of carbonyl (C=O) groups excluding carboxylic acids is 1. The fraction of sp³-hybridized carbons (Fsp3) is 0.409. The number of benzene rings is 2. The van der Waals surface area contributed by atoms with Crippen LogP contribution in [-0.4, -0.2) is 50.1 Å². The molecule has 0 aliphatic carbocycles. The number of hydrogen-bond acceptors (Lipinski definition) is 3. The number of carbonyl (C=O) groups is 1. The van der Waals surface area contributed by atoms with Gasteiger partial charge in [0.2, 0.25) is 5.91 Å². The number of nitrogens with one attached hydrogen (secondary N) is 1. The first-order valence-corrected chi connectivity index (χ1v) is 9.69. The highest BCUT2D eigenvalue weighted by atomic mass is 19.1. The summed E-state index contributed by atoms with van der Waals surface area (Å²) in [7, 11) is 0. The molecule has 2 heterocycles. The van der Waals surface area contributed by atoms with Crippen molar-refractivity contribution in [3.63, 3.8) is 0 Å². The average Bonchev–Trinajstić information content (AvgIpc) is 3.18. The topological polar surface area (TPSA) is 35.6 Å². The minimum atomic E-state index is -0.236. The van der Waals surface area contributed by atoms with E-state index in [0.29, 0.717) is 6.54 Å². The van der Waals surface area contributed by atoms with Crippen LogP contribution in [-0.2, 0) is 4.79 Å². The van der Waals surface area contributed by atoms with E-state index in [-0.39, 0.29) is 23.6 Å². The van der Waals surface area contributed by atoms with Crippen molar-refractivity contribution in [1.29, 1.82) is 0 Å². The molecule has 0 aromatic heterocycles. The van der Waals surface area contributed by atoms with E-state index >= 15 is 0 Å². The quantitative estimate of drug-likeness (QED) is 0.906. The number of aryl methyl sites for hydroxylation is 1. The lowest BCUT2D eigenvalue weighted by Crippen LogP contribution is -2.51. The second kappa shape index (κ2) is 7.69. The zero-order valence-electron chi connectivity index (χ0n) is 15.7. The van der Waals surface area contributed by atoms with E-state index in [2.05, 4.69) is 41.4 Å². The van der Waals surface area contributed by atoms with Gasteiger partial charge in [0.15, 0.2) is 0 Å². The van der Waals surface area contributed by atoms with Gasteiger partial charge in [0, 0.05) is 50.9 Å². The molecule has 1 N–H and O–H groups in total. The summed E-state index contributed by atoms with van der Waals surface area (Å²) in [6.45, 7) is 6.81. The summed E-state index contributed by atoms with van der Waals surface area (Å²) in [4.78, 5) is 17.5. The summed E-state index contributed by atoms with van der Waals surface area (Å²) in [5.41, 5.74) is 3.57. The molecule has 4 rings (SSSR count). The van der Waals surface area contributed by atoms with Gasteiger partial charge < -0.3 is 15.1 Å². The van der Waals surface area contributed by atoms with E-state index in [1.54, 1.807) is 0 Å². The first-order chi connectivity index (χ1) is 13.1. The lowest BCUT2D eigenvalue weighted by atomic mass is 9.88. The maximum atomic E-state index is 13.2. The molecule has 2 aliphatic rings. The van der Waals surface area contributed by atoms with Gasteiger partial charge in [-0.25, -0.2) is 4.39 Å². The SMILES string of the molecule is Cc1ccccc1N1CCN(C(=O)C2CNCC2c2ccc(F)cc2)CC1. The number of para-hydroxylation sites is 1. The number of anilines is 1. The monoisotopic (exact) mass is 367 g/mol. The first kappa shape index (κ1) is 18.0. The highest BCUT2D eigenvalue weighted by molar-refractivity contribution is 5.81. The number of nitrogens with zero attached hydrogens (tertiary/aromatic N) is 2. The third kappa shape index (κ3) is 3.69. The van der Waals surface area contributed by atoms with E-state index in [1.165, 1.54) is 23.4 Å². The molecule has 142 valence electrons. The van der Waals surface area contributed by atoms with Crippen LogP contribution in [0.4, 0.5) is 10.1 Å². The molecule has 2 aromatic rings. The summed E-state index contributed by atoms with van der Waals surface area (Å²) in [5, 5.41) is 3.35. The fourth-order valence-electron chi connectivity index (χ4n) is 4.32. The van der Waals surface area contributed by atoms with Crippen LogP contribution >= 0.6 is 0 Å². The lowest BCUT2D eigenvalue weighted by molar-refractivity contribution is -0.135. The van der Waals surface area contributed by atoms with Crippen molar-refractivity contribution in [3.05, 3.63) is 65.5 Å². The number of piperazine rings is 1. The van der Waals surface area contributed by atoms with Crippen LogP contribution in [0.5, 0.6) is 0 Å². The predicted molar refractivity (Wildman–Crippen MR) is 105 cm³/mol. The molecule has 0 bridgehead atoms. The van der Waals surface area contributed by atoms with Gasteiger partial charge in [0.25, 0.3) is 0 Å². The highest BCUT2D eigenvalue weighted by Gasteiger charge is 2.37. The number of hydrogen-bond donors (Lipinski definition) is 1. The second-order valence-corrected chi connectivity index (χ2v) is 7.52. The Balaban J connectivity index is 1.41. The Bertz CT molecular complexity index is 799. The van der Waals surface area contributed by atoms with Crippen LogP contribution in [0.15, 0.2) is 48.5 Å². The van der Waals surface area contributed by atoms with Crippen molar-refractivity contribution in [1.82, 2.24) is 10.2 Å². The maximum Gasteiger partial charge on any atom is 0.227 e. The summed E-state index contributed by atoms with van der Waals surface area (Å²) in [6, 6.07) is 15.0. The molecule has 2 aliphatic heterocycles. The first-order valence-electron chi connectivity index (χ1n) is 9.69. The van der Waals surface area contributed by atoms with Crippen molar-refractivity contribution in [2.75, 3.05) is 44.2 Å². The molecule has 5 heteroatoms. The minimum Gasteiger partial charge on any atom is -0.368 e. The Labute approximate surface area is 160 Å². The molecule has 27 heavy (non-hydrogen) atoms. The van der Waals surface area contributed by atoms with Crippen molar-refractivity contribution in [2.45, 2.75) is 12.8 Å². The Morgan fingerprint density at radius 3 is 2.41 bits per heavy atom. The van der Waals surface area contributed by atoms with Gasteiger partial charge in [0.1, 0.15) is 5.82 Å². The van der Waals surface area contributed by atoms with Crippen molar-refractivity contribution in [2.24, 2.45) is 5.92 Å². The number of rotatable bonds is 3. The van der Waals surface area contributed by atoms with Crippen LogP contribution in [0, 0.1) is 18.7 Å². The number of halogens is 1. The summed E-state index contributed by atoms with van der Waals surface area (Å²) >= 11 is 0. The van der Waals surface area contributed by atoms with Crippen LogP contribution in [0.25, 0.3) is 0 Å². The third-order valence-corrected chi connectivity index (χ3v) is 5.88. The highest BCUT2D eigenvalue weighted by Crippen LogP contribution is 2.30. The average molecular weight is 367 g/mol. The van der Waals surface area contributed by atoms with E-state index in [1.807, 2.05) is 17.0 Å². The van der Waals surface area contributed by atoms with E-state index in [9.17, 15) is 9.18 Å². The van der Waals surface area contributed by atoms with E-state index in [4.69, 9.17) is 0 Å². The largest absolute Gasteiger partial charge is 0.368 e. The predicted octanol–water partition coefficient (Wildman–Crippen LogP) is 2.79. The standard InChI is InChI=1S/C22H26FN3O/c1-16-4-2-3-5-21(16)25-10-12-26(13-11-25)22(27)20-15-24-14-19(20)17-6-8-18(23)9-7-17/h2-9,19-20,24H,10-15H2,1H3. The molecule has 2 aromatic carbocycles. The molecule has 0 spiro atoms. The van der Waals surface area contributed by atoms with Gasteiger partial charge in [0.05, 0.1) is 5.92 Å². The molecule has 1 amide bonds. The van der Waals surface area contributed by atoms with Crippen LogP contribution in [0.2, 0.25) is 0 Å². The zero-order chi connectivity index (χ0) is 18.8. The Kier molecular flexibility index (Phi) is 5.12. The molecule has 0 saturated carbocycles.